The van der Waals surface area contributed by atoms with E-state index in [1.165, 1.54) is 6.92 Å². The molecular weight excluding hydrogens is 381 g/mol. The molecule has 29 heavy (non-hydrogen) atoms. The van der Waals surface area contributed by atoms with Crippen LogP contribution in [0.15, 0.2) is 53.5 Å². The Morgan fingerprint density at radius 3 is 2.59 bits per heavy atom. The van der Waals surface area contributed by atoms with Crippen LogP contribution in [0.25, 0.3) is 10.8 Å². The summed E-state index contributed by atoms with van der Waals surface area (Å²) in [6.45, 7) is 1.51. The topological polar surface area (TPSA) is 114 Å². The molecule has 0 spiro atoms. The van der Waals surface area contributed by atoms with Crippen LogP contribution in [-0.4, -0.2) is 44.0 Å². The Labute approximate surface area is 164 Å². The van der Waals surface area contributed by atoms with Crippen molar-refractivity contribution in [3.63, 3.8) is 0 Å². The zero-order valence-corrected chi connectivity index (χ0v) is 15.3. The van der Waals surface area contributed by atoms with Gasteiger partial charge in [-0.1, -0.05) is 30.3 Å². The molecule has 4 rings (SSSR count). The number of hydrogen-bond donors (Lipinski definition) is 3. The molecule has 9 heteroatoms. The van der Waals surface area contributed by atoms with Gasteiger partial charge in [0.15, 0.2) is 17.9 Å². The minimum absolute atomic E-state index is 0.278. The van der Waals surface area contributed by atoms with Crippen LogP contribution < -0.4 is 11.0 Å². The van der Waals surface area contributed by atoms with Crippen molar-refractivity contribution in [1.29, 1.82) is 0 Å². The van der Waals surface area contributed by atoms with Gasteiger partial charge in [-0.05, 0) is 29.8 Å². The first kappa shape index (κ1) is 19.2. The van der Waals surface area contributed by atoms with Gasteiger partial charge in [-0.3, -0.25) is 9.36 Å². The second-order valence-electron chi connectivity index (χ2n) is 6.86. The zero-order valence-electron chi connectivity index (χ0n) is 15.3. The number of anilines is 1. The average Bonchev–Trinajstić information content (AvgIpc) is 2.97. The van der Waals surface area contributed by atoms with E-state index < -0.39 is 47.8 Å². The molecule has 8 nitrogen and oxygen atoms in total. The second kappa shape index (κ2) is 7.36. The van der Waals surface area contributed by atoms with E-state index in [0.717, 1.165) is 21.5 Å². The van der Waals surface area contributed by atoms with E-state index in [0.29, 0.717) is 0 Å². The zero-order chi connectivity index (χ0) is 20.7. The fourth-order valence-electron chi connectivity index (χ4n) is 3.28. The fraction of sp³-hybridized carbons (Fsp3) is 0.250. The van der Waals surface area contributed by atoms with Crippen LogP contribution >= 0.6 is 0 Å². The van der Waals surface area contributed by atoms with Gasteiger partial charge in [-0.15, -0.1) is 0 Å². The summed E-state index contributed by atoms with van der Waals surface area (Å²) in [5.74, 6) is -2.14. The standard InChI is InChI=1S/C20H18FN3O5/c1-10-15(25)16(26)19(29-10)24-9-14(21)17(23-20(24)28)22-18(27)13-7-6-11-4-2-3-5-12(11)8-13/h2-10,15-16,19,25-26H,1H3,(H,22,23,27,28)/t10-,15?,16?,19-/m1/s1. The Morgan fingerprint density at radius 2 is 1.90 bits per heavy atom. The first-order valence-electron chi connectivity index (χ1n) is 8.95. The predicted molar refractivity (Wildman–Crippen MR) is 102 cm³/mol. The Hall–Kier alpha value is -3.14. The van der Waals surface area contributed by atoms with E-state index in [2.05, 4.69) is 10.3 Å². The molecule has 1 fully saturated rings. The molecule has 0 aliphatic carbocycles. The number of ether oxygens (including phenoxy) is 1. The number of rotatable bonds is 3. The van der Waals surface area contributed by atoms with Gasteiger partial charge in [0.05, 0.1) is 12.3 Å². The number of aromatic nitrogens is 2. The lowest BCUT2D eigenvalue weighted by atomic mass is 10.1. The van der Waals surface area contributed by atoms with E-state index in [1.54, 1.807) is 18.2 Å². The third-order valence-electron chi connectivity index (χ3n) is 4.90. The van der Waals surface area contributed by atoms with Crippen molar-refractivity contribution < 1.29 is 24.1 Å². The van der Waals surface area contributed by atoms with Crippen LogP contribution in [0.5, 0.6) is 0 Å². The number of nitrogens with one attached hydrogen (secondary N) is 1. The van der Waals surface area contributed by atoms with Crippen LogP contribution in [0.2, 0.25) is 0 Å². The minimum Gasteiger partial charge on any atom is -0.388 e. The van der Waals surface area contributed by atoms with Crippen LogP contribution in [0.3, 0.4) is 0 Å². The number of benzene rings is 2. The Kier molecular flexibility index (Phi) is 4.87. The smallest absolute Gasteiger partial charge is 0.351 e. The lowest BCUT2D eigenvalue weighted by Gasteiger charge is -2.17. The highest BCUT2D eigenvalue weighted by Gasteiger charge is 2.42. The summed E-state index contributed by atoms with van der Waals surface area (Å²) >= 11 is 0. The van der Waals surface area contributed by atoms with Crippen molar-refractivity contribution in [3.8, 4) is 0 Å². The number of aliphatic hydroxyl groups is 2. The average molecular weight is 399 g/mol. The first-order chi connectivity index (χ1) is 13.8. The van der Waals surface area contributed by atoms with Crippen LogP contribution in [0.1, 0.15) is 23.5 Å². The summed E-state index contributed by atoms with van der Waals surface area (Å²) < 4.78 is 20.6. The molecule has 1 saturated heterocycles. The lowest BCUT2D eigenvalue weighted by Crippen LogP contribution is -2.36. The lowest BCUT2D eigenvalue weighted by molar-refractivity contribution is -0.0355. The molecule has 2 aromatic carbocycles. The molecule has 0 bridgehead atoms. The maximum Gasteiger partial charge on any atom is 0.351 e. The molecule has 1 aliphatic rings. The number of carbonyl (C=O) groups excluding carboxylic acids is 1. The van der Waals surface area contributed by atoms with Crippen molar-refractivity contribution in [1.82, 2.24) is 9.55 Å². The van der Waals surface area contributed by atoms with Gasteiger partial charge in [0.1, 0.15) is 12.2 Å². The summed E-state index contributed by atoms with van der Waals surface area (Å²) in [5.41, 5.74) is -0.661. The van der Waals surface area contributed by atoms with Crippen molar-refractivity contribution in [2.24, 2.45) is 0 Å². The SMILES string of the molecule is C[C@H]1O[C@@H](n2cc(F)c(NC(=O)c3ccc4ccccc4c3)nc2=O)C(O)C1O. The van der Waals surface area contributed by atoms with Gasteiger partial charge in [-0.25, -0.2) is 9.18 Å². The molecule has 2 unspecified atom stereocenters. The van der Waals surface area contributed by atoms with Crippen molar-refractivity contribution in [2.75, 3.05) is 5.32 Å². The normalized spacial score (nSPS) is 24.0. The van der Waals surface area contributed by atoms with Gasteiger partial charge in [-0.2, -0.15) is 4.98 Å². The van der Waals surface area contributed by atoms with Gasteiger partial charge < -0.3 is 20.3 Å². The first-order valence-corrected chi connectivity index (χ1v) is 8.95. The summed E-state index contributed by atoms with van der Waals surface area (Å²) in [6.07, 6.45) is -3.87. The Morgan fingerprint density at radius 1 is 1.17 bits per heavy atom. The molecule has 3 N–H and O–H groups in total. The highest BCUT2D eigenvalue weighted by Crippen LogP contribution is 2.28. The minimum atomic E-state index is -1.41. The van der Waals surface area contributed by atoms with E-state index in [1.807, 2.05) is 24.3 Å². The van der Waals surface area contributed by atoms with Crippen LogP contribution in [-0.2, 0) is 4.74 Å². The highest BCUT2D eigenvalue weighted by molar-refractivity contribution is 6.06. The van der Waals surface area contributed by atoms with Gasteiger partial charge >= 0.3 is 5.69 Å². The molecule has 1 aromatic heterocycles. The number of nitrogens with zero attached hydrogens (tertiary/aromatic N) is 2. The molecule has 1 amide bonds. The maximum absolute atomic E-state index is 14.5. The molecule has 3 aromatic rings. The van der Waals surface area contributed by atoms with Gasteiger partial charge in [0.2, 0.25) is 0 Å². The molecule has 4 atom stereocenters. The van der Waals surface area contributed by atoms with E-state index in [-0.39, 0.29) is 5.56 Å². The Bertz CT molecular complexity index is 1150. The fourth-order valence-corrected chi connectivity index (χ4v) is 3.28. The Balaban J connectivity index is 1.60. The number of carbonyl (C=O) groups is 1. The van der Waals surface area contributed by atoms with E-state index >= 15 is 0 Å². The molecule has 0 radical (unpaired) electrons. The van der Waals surface area contributed by atoms with Gasteiger partial charge in [0.25, 0.3) is 5.91 Å². The van der Waals surface area contributed by atoms with Crippen LogP contribution in [0.4, 0.5) is 10.2 Å². The quantitative estimate of drug-likeness (QED) is 0.614. The van der Waals surface area contributed by atoms with Crippen molar-refractivity contribution in [3.05, 3.63) is 70.5 Å². The second-order valence-corrected chi connectivity index (χ2v) is 6.86. The number of hydrogen-bond acceptors (Lipinski definition) is 6. The largest absolute Gasteiger partial charge is 0.388 e. The summed E-state index contributed by atoms with van der Waals surface area (Å²) in [4.78, 5) is 28.3. The molecule has 0 saturated carbocycles. The van der Waals surface area contributed by atoms with E-state index in [9.17, 15) is 24.2 Å². The highest BCUT2D eigenvalue weighted by atomic mass is 19.1. The van der Waals surface area contributed by atoms with Crippen molar-refractivity contribution >= 4 is 22.5 Å². The number of fused-ring (bicyclic) bond motifs is 1. The van der Waals surface area contributed by atoms with Gasteiger partial charge in [0, 0.05) is 5.56 Å². The molecular formula is C20H18FN3O5. The van der Waals surface area contributed by atoms with E-state index in [4.69, 9.17) is 4.74 Å². The number of halogens is 1. The third-order valence-corrected chi connectivity index (χ3v) is 4.90. The summed E-state index contributed by atoms with van der Waals surface area (Å²) in [7, 11) is 0. The third kappa shape index (κ3) is 3.51. The summed E-state index contributed by atoms with van der Waals surface area (Å²) in [6, 6.07) is 12.4. The molecule has 150 valence electrons. The van der Waals surface area contributed by atoms with Crippen molar-refractivity contribution in [2.45, 2.75) is 31.5 Å². The molecule has 1 aliphatic heterocycles. The predicted octanol–water partition coefficient (Wildman–Crippen LogP) is 1.43. The molecule has 2 heterocycles. The number of amides is 1. The summed E-state index contributed by atoms with van der Waals surface area (Å²) in [5, 5.41) is 23.8. The maximum atomic E-state index is 14.5. The monoisotopic (exact) mass is 399 g/mol. The van der Waals surface area contributed by atoms with Crippen LogP contribution in [0, 0.1) is 5.82 Å². The number of aliphatic hydroxyl groups excluding tert-OH is 2.